The summed E-state index contributed by atoms with van der Waals surface area (Å²) in [5.74, 6) is 1.33. The number of benzene rings is 2. The topological polar surface area (TPSA) is 50.8 Å². The van der Waals surface area contributed by atoms with E-state index in [9.17, 15) is 4.79 Å². The molecular weight excluding hydrogens is 340 g/mol. The Labute approximate surface area is 153 Å². The van der Waals surface area contributed by atoms with E-state index in [1.54, 1.807) is 26.4 Å². The van der Waals surface area contributed by atoms with Crippen LogP contribution in [0.25, 0.3) is 0 Å². The summed E-state index contributed by atoms with van der Waals surface area (Å²) >= 11 is 6.09. The van der Waals surface area contributed by atoms with Gasteiger partial charge in [0.05, 0.1) is 31.0 Å². The van der Waals surface area contributed by atoms with E-state index in [0.717, 1.165) is 17.1 Å². The third-order valence-corrected chi connectivity index (χ3v) is 4.42. The molecule has 25 heavy (non-hydrogen) atoms. The highest BCUT2D eigenvalue weighted by Crippen LogP contribution is 2.26. The molecule has 1 atom stereocenters. The number of nitrogens with zero attached hydrogens (tertiary/aromatic N) is 1. The number of rotatable bonds is 7. The van der Waals surface area contributed by atoms with Crippen molar-refractivity contribution in [2.75, 3.05) is 26.6 Å². The van der Waals surface area contributed by atoms with Crippen LogP contribution in [0.2, 0.25) is 5.02 Å². The molecule has 0 aliphatic heterocycles. The van der Waals surface area contributed by atoms with Gasteiger partial charge < -0.3 is 14.8 Å². The quantitative estimate of drug-likeness (QED) is 0.813. The summed E-state index contributed by atoms with van der Waals surface area (Å²) in [5.41, 5.74) is 1.58. The molecule has 1 N–H and O–H groups in total. The van der Waals surface area contributed by atoms with Gasteiger partial charge in [0.15, 0.2) is 0 Å². The molecule has 0 aliphatic rings. The van der Waals surface area contributed by atoms with E-state index >= 15 is 0 Å². The Morgan fingerprint density at radius 3 is 2.56 bits per heavy atom. The molecule has 6 heteroatoms. The molecule has 0 saturated heterocycles. The number of halogens is 1. The number of anilines is 1. The Bertz CT molecular complexity index is 736. The summed E-state index contributed by atoms with van der Waals surface area (Å²) in [6.07, 6.45) is 0. The number of carbonyl (C=O) groups is 1. The third kappa shape index (κ3) is 4.87. The van der Waals surface area contributed by atoms with Gasteiger partial charge in [-0.05, 0) is 32.2 Å². The average molecular weight is 363 g/mol. The van der Waals surface area contributed by atoms with Crippen LogP contribution in [0.3, 0.4) is 0 Å². The van der Waals surface area contributed by atoms with Crippen LogP contribution in [0.5, 0.6) is 11.5 Å². The highest BCUT2D eigenvalue weighted by molar-refractivity contribution is 6.33. The minimum absolute atomic E-state index is 0.122. The molecule has 0 aliphatic carbocycles. The summed E-state index contributed by atoms with van der Waals surface area (Å²) in [6, 6.07) is 12.5. The highest BCUT2D eigenvalue weighted by Gasteiger charge is 2.20. The molecule has 0 spiro atoms. The summed E-state index contributed by atoms with van der Waals surface area (Å²) in [6.45, 7) is 2.41. The minimum Gasteiger partial charge on any atom is -0.497 e. The molecule has 0 fully saturated rings. The summed E-state index contributed by atoms with van der Waals surface area (Å²) < 4.78 is 10.6. The van der Waals surface area contributed by atoms with Crippen molar-refractivity contribution in [3.05, 3.63) is 53.1 Å². The van der Waals surface area contributed by atoms with Gasteiger partial charge in [-0.15, -0.1) is 0 Å². The van der Waals surface area contributed by atoms with Gasteiger partial charge in [0, 0.05) is 18.2 Å². The van der Waals surface area contributed by atoms with E-state index in [4.69, 9.17) is 21.1 Å². The van der Waals surface area contributed by atoms with E-state index in [1.165, 1.54) is 0 Å². The third-order valence-electron chi connectivity index (χ3n) is 4.09. The number of amides is 1. The zero-order chi connectivity index (χ0) is 18.4. The van der Waals surface area contributed by atoms with Crippen molar-refractivity contribution in [2.45, 2.75) is 19.5 Å². The lowest BCUT2D eigenvalue weighted by Crippen LogP contribution is -2.39. The molecule has 0 bridgehead atoms. The zero-order valence-corrected chi connectivity index (χ0v) is 15.6. The van der Waals surface area contributed by atoms with Crippen LogP contribution in [0.1, 0.15) is 12.5 Å². The Balaban J connectivity index is 2.06. The number of hydrogen-bond donors (Lipinski definition) is 1. The maximum Gasteiger partial charge on any atom is 0.241 e. The molecule has 2 aromatic rings. The van der Waals surface area contributed by atoms with Crippen molar-refractivity contribution in [3.8, 4) is 11.5 Å². The van der Waals surface area contributed by atoms with Gasteiger partial charge in [-0.3, -0.25) is 9.69 Å². The maximum atomic E-state index is 12.5. The standard InChI is InChI=1S/C19H23ClN2O3/c1-13(19(23)21-17-8-6-5-7-16(17)20)22(2)12-14-9-10-15(24-3)11-18(14)25-4/h5-11,13H,12H2,1-4H3,(H,21,23). The first-order valence-corrected chi connectivity index (χ1v) is 8.30. The maximum absolute atomic E-state index is 12.5. The fourth-order valence-electron chi connectivity index (χ4n) is 2.39. The SMILES string of the molecule is COc1ccc(CN(C)C(C)C(=O)Nc2ccccc2Cl)c(OC)c1. The Kier molecular flexibility index (Phi) is 6.67. The van der Waals surface area contributed by atoms with Gasteiger partial charge in [-0.2, -0.15) is 0 Å². The van der Waals surface area contributed by atoms with Gasteiger partial charge in [-0.1, -0.05) is 29.8 Å². The highest BCUT2D eigenvalue weighted by atomic mass is 35.5. The second-order valence-electron chi connectivity index (χ2n) is 5.74. The van der Waals surface area contributed by atoms with Gasteiger partial charge in [-0.25, -0.2) is 0 Å². The number of likely N-dealkylation sites (N-methyl/N-ethyl adjacent to an activating group) is 1. The molecular formula is C19H23ClN2O3. The lowest BCUT2D eigenvalue weighted by molar-refractivity contribution is -0.120. The first-order chi connectivity index (χ1) is 12.0. The fraction of sp³-hybridized carbons (Fsp3) is 0.316. The predicted octanol–water partition coefficient (Wildman–Crippen LogP) is 3.82. The molecule has 2 aromatic carbocycles. The Morgan fingerprint density at radius 2 is 1.92 bits per heavy atom. The second kappa shape index (κ2) is 8.74. The number of ether oxygens (including phenoxy) is 2. The van der Waals surface area contributed by atoms with Crippen LogP contribution < -0.4 is 14.8 Å². The monoisotopic (exact) mass is 362 g/mol. The normalized spacial score (nSPS) is 11.9. The molecule has 0 aromatic heterocycles. The minimum atomic E-state index is -0.344. The van der Waals surface area contributed by atoms with E-state index in [0.29, 0.717) is 17.3 Å². The van der Waals surface area contributed by atoms with Gasteiger partial charge in [0.25, 0.3) is 0 Å². The lowest BCUT2D eigenvalue weighted by Gasteiger charge is -2.25. The van der Waals surface area contributed by atoms with Gasteiger partial charge in [0.1, 0.15) is 11.5 Å². The summed E-state index contributed by atoms with van der Waals surface area (Å²) in [7, 11) is 5.12. The van der Waals surface area contributed by atoms with E-state index < -0.39 is 0 Å². The summed E-state index contributed by atoms with van der Waals surface area (Å²) in [4.78, 5) is 14.4. The molecule has 0 radical (unpaired) electrons. The van der Waals surface area contributed by atoms with Crippen LogP contribution in [0.15, 0.2) is 42.5 Å². The number of nitrogens with one attached hydrogen (secondary N) is 1. The average Bonchev–Trinajstić information content (AvgIpc) is 2.63. The van der Waals surface area contributed by atoms with Crippen LogP contribution in [0.4, 0.5) is 5.69 Å². The molecule has 5 nitrogen and oxygen atoms in total. The van der Waals surface area contributed by atoms with Crippen molar-refractivity contribution in [1.29, 1.82) is 0 Å². The van der Waals surface area contributed by atoms with E-state index in [-0.39, 0.29) is 11.9 Å². The fourth-order valence-corrected chi connectivity index (χ4v) is 2.57. The predicted molar refractivity (Wildman–Crippen MR) is 101 cm³/mol. The van der Waals surface area contributed by atoms with E-state index in [2.05, 4.69) is 5.32 Å². The number of carbonyl (C=O) groups excluding carboxylic acids is 1. The largest absolute Gasteiger partial charge is 0.497 e. The van der Waals surface area contributed by atoms with Crippen molar-refractivity contribution in [1.82, 2.24) is 4.90 Å². The van der Waals surface area contributed by atoms with Crippen LogP contribution in [0, 0.1) is 0 Å². The van der Waals surface area contributed by atoms with Crippen molar-refractivity contribution >= 4 is 23.2 Å². The van der Waals surface area contributed by atoms with Crippen LogP contribution in [-0.4, -0.2) is 38.1 Å². The summed E-state index contributed by atoms with van der Waals surface area (Å²) in [5, 5.41) is 3.38. The molecule has 134 valence electrons. The molecule has 2 rings (SSSR count). The van der Waals surface area contributed by atoms with Crippen molar-refractivity contribution in [2.24, 2.45) is 0 Å². The molecule has 0 saturated carbocycles. The number of hydrogen-bond acceptors (Lipinski definition) is 4. The molecule has 1 amide bonds. The van der Waals surface area contributed by atoms with Crippen molar-refractivity contribution in [3.63, 3.8) is 0 Å². The lowest BCUT2D eigenvalue weighted by atomic mass is 10.1. The van der Waals surface area contributed by atoms with Crippen LogP contribution in [-0.2, 0) is 11.3 Å². The number of para-hydroxylation sites is 1. The smallest absolute Gasteiger partial charge is 0.241 e. The van der Waals surface area contributed by atoms with Gasteiger partial charge >= 0.3 is 0 Å². The second-order valence-corrected chi connectivity index (χ2v) is 6.15. The first kappa shape index (κ1) is 19.1. The Hall–Kier alpha value is -2.24. The van der Waals surface area contributed by atoms with E-state index in [1.807, 2.05) is 49.2 Å². The Morgan fingerprint density at radius 1 is 1.20 bits per heavy atom. The zero-order valence-electron chi connectivity index (χ0n) is 14.9. The molecule has 0 heterocycles. The first-order valence-electron chi connectivity index (χ1n) is 7.92. The molecule has 1 unspecified atom stereocenters. The van der Waals surface area contributed by atoms with Crippen LogP contribution >= 0.6 is 11.6 Å². The number of methoxy groups -OCH3 is 2. The van der Waals surface area contributed by atoms with Crippen molar-refractivity contribution < 1.29 is 14.3 Å². The van der Waals surface area contributed by atoms with Gasteiger partial charge in [0.2, 0.25) is 5.91 Å².